The highest BCUT2D eigenvalue weighted by Gasteiger charge is 2.00. The number of benzene rings is 1. The van der Waals surface area contributed by atoms with E-state index >= 15 is 0 Å². The maximum absolute atomic E-state index is 10.9. The smallest absolute Gasteiger partial charge is 0.305 e. The maximum Gasteiger partial charge on any atom is 0.305 e. The van der Waals surface area contributed by atoms with Gasteiger partial charge in [0.2, 0.25) is 0 Å². The second-order valence-corrected chi connectivity index (χ2v) is 4.33. The lowest BCUT2D eigenvalue weighted by molar-refractivity contribution is -0.140. The van der Waals surface area contributed by atoms with Crippen LogP contribution in [-0.2, 0) is 9.53 Å². The Morgan fingerprint density at radius 3 is 2.85 bits per heavy atom. The lowest BCUT2D eigenvalue weighted by Gasteiger charge is -2.12. The molecule has 0 aromatic heterocycles. The third-order valence-electron chi connectivity index (χ3n) is 2.46. The van der Waals surface area contributed by atoms with Crippen LogP contribution >= 0.6 is 12.2 Å². The Balaban J connectivity index is 2.20. The van der Waals surface area contributed by atoms with E-state index < -0.39 is 0 Å². The van der Waals surface area contributed by atoms with Crippen LogP contribution in [0.25, 0.3) is 0 Å². The lowest BCUT2D eigenvalue weighted by Crippen LogP contribution is -2.39. The summed E-state index contributed by atoms with van der Waals surface area (Å²) in [7, 11) is 2.99. The van der Waals surface area contributed by atoms with Gasteiger partial charge in [0, 0.05) is 19.0 Å². The molecule has 0 saturated heterocycles. The molecule has 0 atom stereocenters. The van der Waals surface area contributed by atoms with Crippen molar-refractivity contribution < 1.29 is 14.3 Å². The van der Waals surface area contributed by atoms with E-state index in [0.717, 1.165) is 11.4 Å². The number of esters is 1. The van der Waals surface area contributed by atoms with Crippen LogP contribution < -0.4 is 20.9 Å². The van der Waals surface area contributed by atoms with Gasteiger partial charge in [-0.1, -0.05) is 6.07 Å². The minimum atomic E-state index is -0.222. The number of hydrazine groups is 1. The molecule has 7 heteroatoms. The fourth-order valence-corrected chi connectivity index (χ4v) is 1.56. The molecule has 0 heterocycles. The first kappa shape index (κ1) is 16.0. The van der Waals surface area contributed by atoms with E-state index in [-0.39, 0.29) is 5.97 Å². The molecule has 6 nitrogen and oxygen atoms in total. The molecule has 1 aromatic rings. The number of ether oxygens (including phenoxy) is 2. The molecule has 3 N–H and O–H groups in total. The van der Waals surface area contributed by atoms with Crippen LogP contribution in [0.5, 0.6) is 5.75 Å². The van der Waals surface area contributed by atoms with Crippen LogP contribution in [0.2, 0.25) is 0 Å². The topological polar surface area (TPSA) is 71.6 Å². The molecule has 0 bridgehead atoms. The highest BCUT2D eigenvalue weighted by molar-refractivity contribution is 7.80. The fourth-order valence-electron chi connectivity index (χ4n) is 1.41. The summed E-state index contributed by atoms with van der Waals surface area (Å²) in [5.41, 5.74) is 6.64. The zero-order valence-corrected chi connectivity index (χ0v) is 12.4. The van der Waals surface area contributed by atoms with Gasteiger partial charge in [0.15, 0.2) is 5.11 Å². The SMILES string of the molecule is COC(=O)CCCNC(=S)NNc1cccc(OC)c1. The molecule has 0 radical (unpaired) electrons. The summed E-state index contributed by atoms with van der Waals surface area (Å²) in [5, 5.41) is 3.44. The molecule has 0 spiro atoms. The average molecular weight is 297 g/mol. The molecule has 0 aliphatic carbocycles. The summed E-state index contributed by atoms with van der Waals surface area (Å²) in [6.07, 6.45) is 1.03. The van der Waals surface area contributed by atoms with Crippen molar-refractivity contribution in [2.24, 2.45) is 0 Å². The summed E-state index contributed by atoms with van der Waals surface area (Å²) < 4.78 is 9.66. The van der Waals surface area contributed by atoms with E-state index in [1.54, 1.807) is 7.11 Å². The van der Waals surface area contributed by atoms with E-state index in [4.69, 9.17) is 17.0 Å². The van der Waals surface area contributed by atoms with Crippen molar-refractivity contribution >= 4 is 29.0 Å². The first-order chi connectivity index (χ1) is 9.65. The van der Waals surface area contributed by atoms with Crippen molar-refractivity contribution in [3.8, 4) is 5.75 Å². The van der Waals surface area contributed by atoms with Gasteiger partial charge in [0.05, 0.1) is 19.9 Å². The number of nitrogens with one attached hydrogen (secondary N) is 3. The second kappa shape index (κ2) is 8.98. The molecule has 0 fully saturated rings. The largest absolute Gasteiger partial charge is 0.497 e. The number of hydrogen-bond donors (Lipinski definition) is 3. The van der Waals surface area contributed by atoms with Crippen LogP contribution in [0.3, 0.4) is 0 Å². The summed E-state index contributed by atoms with van der Waals surface area (Å²) in [6.45, 7) is 0.598. The third kappa shape index (κ3) is 6.24. The number of carbonyl (C=O) groups excluding carboxylic acids is 1. The molecular formula is C13H19N3O3S. The summed E-state index contributed by atoms with van der Waals surface area (Å²) in [6, 6.07) is 7.45. The molecular weight excluding hydrogens is 278 g/mol. The number of thiocarbonyl (C=S) groups is 1. The Labute approximate surface area is 123 Å². The molecule has 0 unspecified atom stereocenters. The van der Waals surface area contributed by atoms with Gasteiger partial charge >= 0.3 is 5.97 Å². The Hall–Kier alpha value is -2.02. The molecule has 1 aromatic carbocycles. The number of methoxy groups -OCH3 is 2. The average Bonchev–Trinajstić information content (AvgIpc) is 2.49. The number of anilines is 1. The summed E-state index contributed by atoms with van der Waals surface area (Å²) in [5.74, 6) is 0.536. The van der Waals surface area contributed by atoms with Crippen molar-refractivity contribution in [3.63, 3.8) is 0 Å². The van der Waals surface area contributed by atoms with Gasteiger partial charge in [-0.15, -0.1) is 0 Å². The zero-order valence-electron chi connectivity index (χ0n) is 11.6. The lowest BCUT2D eigenvalue weighted by atomic mass is 10.3. The van der Waals surface area contributed by atoms with E-state index in [0.29, 0.717) is 24.5 Å². The Morgan fingerprint density at radius 1 is 1.35 bits per heavy atom. The Morgan fingerprint density at radius 2 is 2.15 bits per heavy atom. The van der Waals surface area contributed by atoms with Gasteiger partial charge in [-0.2, -0.15) is 0 Å². The quantitative estimate of drug-likeness (QED) is 0.304. The highest BCUT2D eigenvalue weighted by Crippen LogP contribution is 2.15. The normalized spacial score (nSPS) is 9.50. The number of rotatable bonds is 7. The Kier molecular flexibility index (Phi) is 7.20. The van der Waals surface area contributed by atoms with Crippen molar-refractivity contribution in [2.75, 3.05) is 26.2 Å². The van der Waals surface area contributed by atoms with Crippen molar-refractivity contribution in [3.05, 3.63) is 24.3 Å². The number of carbonyl (C=O) groups is 1. The molecule has 20 heavy (non-hydrogen) atoms. The predicted molar refractivity (Wildman–Crippen MR) is 81.6 cm³/mol. The molecule has 110 valence electrons. The van der Waals surface area contributed by atoms with Crippen molar-refractivity contribution in [1.82, 2.24) is 10.7 Å². The predicted octanol–water partition coefficient (Wildman–Crippen LogP) is 1.44. The molecule has 1 rings (SSSR count). The molecule has 0 amide bonds. The first-order valence-corrected chi connectivity index (χ1v) is 6.57. The van der Waals surface area contributed by atoms with E-state index in [1.165, 1.54) is 7.11 Å². The molecule has 0 saturated carbocycles. The molecule has 0 aliphatic rings. The molecule has 0 aliphatic heterocycles. The second-order valence-electron chi connectivity index (χ2n) is 3.92. The van der Waals surface area contributed by atoms with Crippen LogP contribution in [-0.4, -0.2) is 31.8 Å². The number of hydrogen-bond acceptors (Lipinski definition) is 5. The van der Waals surface area contributed by atoms with Gasteiger partial charge in [-0.3, -0.25) is 15.6 Å². The summed E-state index contributed by atoms with van der Waals surface area (Å²) >= 11 is 5.09. The van der Waals surface area contributed by atoms with Crippen LogP contribution in [0.4, 0.5) is 5.69 Å². The van der Waals surface area contributed by atoms with Gasteiger partial charge in [0.1, 0.15) is 5.75 Å². The van der Waals surface area contributed by atoms with E-state index in [9.17, 15) is 4.79 Å². The van der Waals surface area contributed by atoms with Crippen molar-refractivity contribution in [2.45, 2.75) is 12.8 Å². The van der Waals surface area contributed by atoms with Gasteiger partial charge < -0.3 is 14.8 Å². The maximum atomic E-state index is 10.9. The van der Waals surface area contributed by atoms with E-state index in [2.05, 4.69) is 20.9 Å². The summed E-state index contributed by atoms with van der Waals surface area (Å²) in [4.78, 5) is 10.9. The van der Waals surface area contributed by atoms with Gasteiger partial charge in [-0.25, -0.2) is 0 Å². The minimum absolute atomic E-state index is 0.222. The van der Waals surface area contributed by atoms with Crippen molar-refractivity contribution in [1.29, 1.82) is 0 Å². The Bertz CT molecular complexity index is 454. The third-order valence-corrected chi connectivity index (χ3v) is 2.71. The van der Waals surface area contributed by atoms with Crippen LogP contribution in [0.1, 0.15) is 12.8 Å². The van der Waals surface area contributed by atoms with Crippen LogP contribution in [0.15, 0.2) is 24.3 Å². The van der Waals surface area contributed by atoms with Crippen LogP contribution in [0, 0.1) is 0 Å². The first-order valence-electron chi connectivity index (χ1n) is 6.16. The van der Waals surface area contributed by atoms with Gasteiger partial charge in [-0.05, 0) is 30.8 Å². The standard InChI is InChI=1S/C13H19N3O3S/c1-18-11-6-3-5-10(9-11)15-16-13(20)14-8-4-7-12(17)19-2/h3,5-6,9,15H,4,7-8H2,1-2H3,(H2,14,16,20). The van der Waals surface area contributed by atoms with E-state index in [1.807, 2.05) is 24.3 Å². The minimum Gasteiger partial charge on any atom is -0.497 e. The fraction of sp³-hybridized carbons (Fsp3) is 0.385. The monoisotopic (exact) mass is 297 g/mol. The highest BCUT2D eigenvalue weighted by atomic mass is 32.1. The van der Waals surface area contributed by atoms with Gasteiger partial charge in [0.25, 0.3) is 0 Å². The zero-order chi connectivity index (χ0) is 14.8.